The smallest absolute Gasteiger partial charge is 0.238 e. The highest BCUT2D eigenvalue weighted by atomic mass is 16.1. The molecule has 124 valence electrons. The molecule has 0 bridgehead atoms. The number of hydrogen-bond acceptors (Lipinski definition) is 3. The molecule has 1 saturated heterocycles. The Morgan fingerprint density at radius 2 is 1.90 bits per heavy atom. The minimum Gasteiger partial charge on any atom is -0.368 e. The van der Waals surface area contributed by atoms with Gasteiger partial charge in [-0.25, -0.2) is 0 Å². The second-order valence-electron chi connectivity index (χ2n) is 7.89. The van der Waals surface area contributed by atoms with Crippen molar-refractivity contribution >= 4 is 5.91 Å². The van der Waals surface area contributed by atoms with Gasteiger partial charge in [0.25, 0.3) is 0 Å². The first-order valence-corrected chi connectivity index (χ1v) is 8.46. The Balaban J connectivity index is 2.63. The third kappa shape index (κ3) is 5.59. The average molecular weight is 297 g/mol. The number of carbonyl (C=O) groups is 1. The molecular weight excluding hydrogens is 262 g/mol. The van der Waals surface area contributed by atoms with E-state index in [1.807, 2.05) is 6.92 Å². The highest BCUT2D eigenvalue weighted by molar-refractivity contribution is 5.84. The summed E-state index contributed by atoms with van der Waals surface area (Å²) >= 11 is 0. The zero-order valence-corrected chi connectivity index (χ0v) is 14.7. The molecule has 0 aromatic carbocycles. The Labute approximate surface area is 130 Å². The van der Waals surface area contributed by atoms with Crippen LogP contribution in [0.2, 0.25) is 0 Å². The standard InChI is InChI=1S/C17H35N3O/c1-6-10-19-17(5,15(18)21)13-20-11-7-8-14(9-12-20)16(2,3)4/h14,19H,6-13H2,1-5H3,(H2,18,21). The van der Waals surface area contributed by atoms with E-state index < -0.39 is 5.54 Å². The first-order valence-electron chi connectivity index (χ1n) is 8.46. The molecule has 1 aliphatic heterocycles. The Morgan fingerprint density at radius 3 is 2.43 bits per heavy atom. The topological polar surface area (TPSA) is 58.4 Å². The maximum atomic E-state index is 11.8. The van der Waals surface area contributed by atoms with Crippen molar-refractivity contribution in [3.05, 3.63) is 0 Å². The number of carbonyl (C=O) groups excluding carboxylic acids is 1. The lowest BCUT2D eigenvalue weighted by molar-refractivity contribution is -0.124. The van der Waals surface area contributed by atoms with Crippen molar-refractivity contribution in [3.63, 3.8) is 0 Å². The summed E-state index contributed by atoms with van der Waals surface area (Å²) in [6.07, 6.45) is 4.72. The van der Waals surface area contributed by atoms with E-state index in [-0.39, 0.29) is 5.91 Å². The van der Waals surface area contributed by atoms with Gasteiger partial charge in [0.1, 0.15) is 5.54 Å². The van der Waals surface area contributed by atoms with Crippen LogP contribution in [0.3, 0.4) is 0 Å². The summed E-state index contributed by atoms with van der Waals surface area (Å²) in [6.45, 7) is 14.8. The summed E-state index contributed by atoms with van der Waals surface area (Å²) < 4.78 is 0. The number of amides is 1. The van der Waals surface area contributed by atoms with Crippen molar-refractivity contribution in [2.75, 3.05) is 26.2 Å². The summed E-state index contributed by atoms with van der Waals surface area (Å²) in [7, 11) is 0. The van der Waals surface area contributed by atoms with Crippen molar-refractivity contribution < 1.29 is 4.79 Å². The quantitative estimate of drug-likeness (QED) is 0.791. The second-order valence-corrected chi connectivity index (χ2v) is 7.89. The van der Waals surface area contributed by atoms with Gasteiger partial charge in [-0.1, -0.05) is 27.7 Å². The van der Waals surface area contributed by atoms with Crippen LogP contribution in [-0.4, -0.2) is 42.5 Å². The van der Waals surface area contributed by atoms with Gasteiger partial charge >= 0.3 is 0 Å². The third-order valence-corrected chi connectivity index (χ3v) is 4.89. The molecular formula is C17H35N3O. The Kier molecular flexibility index (Phi) is 6.67. The Morgan fingerprint density at radius 1 is 1.24 bits per heavy atom. The molecule has 1 amide bonds. The molecule has 0 aliphatic carbocycles. The van der Waals surface area contributed by atoms with Crippen LogP contribution in [0.15, 0.2) is 0 Å². The van der Waals surface area contributed by atoms with Gasteiger partial charge in [0.05, 0.1) is 0 Å². The highest BCUT2D eigenvalue weighted by Crippen LogP contribution is 2.34. The molecule has 0 saturated carbocycles. The fourth-order valence-electron chi connectivity index (χ4n) is 3.25. The van der Waals surface area contributed by atoms with Gasteiger partial charge in [0.15, 0.2) is 0 Å². The van der Waals surface area contributed by atoms with Gasteiger partial charge in [-0.2, -0.15) is 0 Å². The zero-order valence-electron chi connectivity index (χ0n) is 14.7. The predicted molar refractivity (Wildman–Crippen MR) is 89.1 cm³/mol. The average Bonchev–Trinajstić information content (AvgIpc) is 2.61. The van der Waals surface area contributed by atoms with Gasteiger partial charge in [0, 0.05) is 6.54 Å². The molecule has 0 spiro atoms. The molecule has 21 heavy (non-hydrogen) atoms. The number of nitrogens with two attached hydrogens (primary N) is 1. The first kappa shape index (κ1) is 18.4. The van der Waals surface area contributed by atoms with E-state index in [9.17, 15) is 4.79 Å². The molecule has 2 unspecified atom stereocenters. The fourth-order valence-corrected chi connectivity index (χ4v) is 3.25. The molecule has 0 aromatic rings. The summed E-state index contributed by atoms with van der Waals surface area (Å²) in [4.78, 5) is 14.3. The number of likely N-dealkylation sites (tertiary alicyclic amines) is 1. The van der Waals surface area contributed by atoms with Gasteiger partial charge in [-0.15, -0.1) is 0 Å². The first-order chi connectivity index (χ1) is 9.69. The summed E-state index contributed by atoms with van der Waals surface area (Å²) in [6, 6.07) is 0. The van der Waals surface area contributed by atoms with E-state index in [1.165, 1.54) is 19.3 Å². The number of nitrogens with one attached hydrogen (secondary N) is 1. The van der Waals surface area contributed by atoms with Crippen molar-refractivity contribution in [2.24, 2.45) is 17.1 Å². The maximum Gasteiger partial charge on any atom is 0.238 e. The minimum absolute atomic E-state index is 0.243. The Bertz CT molecular complexity index is 337. The summed E-state index contributed by atoms with van der Waals surface area (Å²) in [5.74, 6) is 0.526. The molecule has 0 radical (unpaired) electrons. The molecule has 0 aromatic heterocycles. The van der Waals surface area contributed by atoms with E-state index in [0.717, 1.165) is 38.5 Å². The minimum atomic E-state index is -0.614. The van der Waals surface area contributed by atoms with Crippen LogP contribution >= 0.6 is 0 Å². The van der Waals surface area contributed by atoms with Gasteiger partial charge < -0.3 is 16.0 Å². The second kappa shape index (κ2) is 7.59. The van der Waals surface area contributed by atoms with E-state index in [4.69, 9.17) is 5.73 Å². The lowest BCUT2D eigenvalue weighted by Gasteiger charge is -2.34. The lowest BCUT2D eigenvalue weighted by Crippen LogP contribution is -2.59. The molecule has 4 heteroatoms. The number of rotatable bonds is 6. The largest absolute Gasteiger partial charge is 0.368 e. The molecule has 1 fully saturated rings. The highest BCUT2D eigenvalue weighted by Gasteiger charge is 2.34. The molecule has 1 aliphatic rings. The predicted octanol–water partition coefficient (Wildman–Crippen LogP) is 2.38. The van der Waals surface area contributed by atoms with E-state index in [2.05, 4.69) is 37.9 Å². The summed E-state index contributed by atoms with van der Waals surface area (Å²) in [5, 5.41) is 3.34. The molecule has 2 atom stereocenters. The number of primary amides is 1. The van der Waals surface area contributed by atoms with Crippen molar-refractivity contribution in [3.8, 4) is 0 Å². The number of nitrogens with zero attached hydrogens (tertiary/aromatic N) is 1. The van der Waals surface area contributed by atoms with Crippen LogP contribution in [0.1, 0.15) is 60.3 Å². The maximum absolute atomic E-state index is 11.8. The van der Waals surface area contributed by atoms with Crippen LogP contribution in [0.4, 0.5) is 0 Å². The van der Waals surface area contributed by atoms with Crippen molar-refractivity contribution in [1.29, 1.82) is 0 Å². The van der Waals surface area contributed by atoms with Gasteiger partial charge in [0.2, 0.25) is 5.91 Å². The fraction of sp³-hybridized carbons (Fsp3) is 0.941. The zero-order chi connectivity index (χ0) is 16.1. The number of hydrogen-bond donors (Lipinski definition) is 2. The van der Waals surface area contributed by atoms with E-state index in [0.29, 0.717) is 5.41 Å². The van der Waals surface area contributed by atoms with Crippen molar-refractivity contribution in [1.82, 2.24) is 10.2 Å². The van der Waals surface area contributed by atoms with Crippen LogP contribution in [0.5, 0.6) is 0 Å². The van der Waals surface area contributed by atoms with Crippen LogP contribution in [-0.2, 0) is 4.79 Å². The SMILES string of the molecule is CCCNC(C)(CN1CCCC(C(C)(C)C)CC1)C(N)=O. The van der Waals surface area contributed by atoms with Crippen molar-refractivity contribution in [2.45, 2.75) is 65.8 Å². The molecule has 4 nitrogen and oxygen atoms in total. The van der Waals surface area contributed by atoms with Gasteiger partial charge in [-0.3, -0.25) is 4.79 Å². The molecule has 3 N–H and O–H groups in total. The lowest BCUT2D eigenvalue weighted by atomic mass is 9.77. The van der Waals surface area contributed by atoms with Crippen LogP contribution < -0.4 is 11.1 Å². The monoisotopic (exact) mass is 297 g/mol. The molecule has 1 rings (SSSR count). The molecule has 1 heterocycles. The Hall–Kier alpha value is -0.610. The summed E-state index contributed by atoms with van der Waals surface area (Å²) in [5.41, 5.74) is 5.40. The van der Waals surface area contributed by atoms with Crippen LogP contribution in [0.25, 0.3) is 0 Å². The van der Waals surface area contributed by atoms with Crippen LogP contribution in [0, 0.1) is 11.3 Å². The van der Waals surface area contributed by atoms with E-state index in [1.54, 1.807) is 0 Å². The van der Waals surface area contributed by atoms with E-state index >= 15 is 0 Å². The normalized spacial score (nSPS) is 24.3. The van der Waals surface area contributed by atoms with Gasteiger partial charge in [-0.05, 0) is 63.6 Å². The third-order valence-electron chi connectivity index (χ3n) is 4.89.